The number of methoxy groups -OCH3 is 2. The number of amides is 1. The van der Waals surface area contributed by atoms with Crippen LogP contribution in [0.5, 0.6) is 11.5 Å². The fourth-order valence-electron chi connectivity index (χ4n) is 3.73. The summed E-state index contributed by atoms with van der Waals surface area (Å²) < 4.78 is 12.8. The zero-order valence-corrected chi connectivity index (χ0v) is 17.0. The summed E-state index contributed by atoms with van der Waals surface area (Å²) in [6, 6.07) is 15.8. The van der Waals surface area contributed by atoms with Gasteiger partial charge in [-0.25, -0.2) is 0 Å². The highest BCUT2D eigenvalue weighted by Gasteiger charge is 2.25. The summed E-state index contributed by atoms with van der Waals surface area (Å²) in [6.07, 6.45) is 0.847. The topological polar surface area (TPSA) is 56.6 Å². The Labute approximate surface area is 170 Å². The minimum atomic E-state index is -0.0627. The zero-order valence-electron chi connectivity index (χ0n) is 17.0. The van der Waals surface area contributed by atoms with Crippen molar-refractivity contribution in [2.24, 2.45) is 0 Å². The van der Waals surface area contributed by atoms with Crippen molar-refractivity contribution in [3.8, 4) is 22.8 Å². The Bertz CT molecular complexity index is 1020. The van der Waals surface area contributed by atoms with Crippen molar-refractivity contribution >= 4 is 5.91 Å². The average Bonchev–Trinajstić information content (AvgIpc) is 3.04. The van der Waals surface area contributed by atoms with Crippen LogP contribution in [0.2, 0.25) is 0 Å². The Balaban J connectivity index is 1.62. The lowest BCUT2D eigenvalue weighted by Gasteiger charge is -2.22. The largest absolute Gasteiger partial charge is 0.493 e. The fourth-order valence-corrected chi connectivity index (χ4v) is 3.73. The van der Waals surface area contributed by atoms with E-state index in [1.54, 1.807) is 26.4 Å². The number of hydrogen-bond donors (Lipinski definition) is 0. The van der Waals surface area contributed by atoms with E-state index in [1.807, 2.05) is 15.6 Å². The quantitative estimate of drug-likeness (QED) is 0.676. The molecule has 0 N–H and O–H groups in total. The molecule has 150 valence electrons. The molecule has 2 heterocycles. The van der Waals surface area contributed by atoms with Crippen LogP contribution in [0.3, 0.4) is 0 Å². The van der Waals surface area contributed by atoms with E-state index in [0.717, 1.165) is 29.9 Å². The second kappa shape index (κ2) is 7.99. The molecule has 6 heteroatoms. The van der Waals surface area contributed by atoms with Gasteiger partial charge in [0, 0.05) is 18.7 Å². The van der Waals surface area contributed by atoms with Crippen molar-refractivity contribution in [3.05, 3.63) is 65.4 Å². The number of ether oxygens (including phenoxy) is 2. The first kappa shape index (κ1) is 19.1. The number of nitrogens with zero attached hydrogens (tertiary/aromatic N) is 3. The molecular weight excluding hydrogens is 366 g/mol. The summed E-state index contributed by atoms with van der Waals surface area (Å²) in [7, 11) is 3.13. The van der Waals surface area contributed by atoms with Gasteiger partial charge in [-0.2, -0.15) is 5.10 Å². The smallest absolute Gasteiger partial charge is 0.258 e. The molecule has 0 fully saturated rings. The highest BCUT2D eigenvalue weighted by atomic mass is 16.5. The first-order valence-corrected chi connectivity index (χ1v) is 9.74. The van der Waals surface area contributed by atoms with Crippen LogP contribution in [0.15, 0.2) is 48.5 Å². The highest BCUT2D eigenvalue weighted by Crippen LogP contribution is 2.32. The van der Waals surface area contributed by atoms with E-state index >= 15 is 0 Å². The normalized spacial score (nSPS) is 13.6. The van der Waals surface area contributed by atoms with Crippen molar-refractivity contribution in [1.29, 1.82) is 0 Å². The number of rotatable bonds is 4. The Hall–Kier alpha value is -3.28. The monoisotopic (exact) mass is 391 g/mol. The molecule has 3 aromatic rings. The molecule has 0 atom stereocenters. The Morgan fingerprint density at radius 2 is 1.83 bits per heavy atom. The Morgan fingerprint density at radius 1 is 1.03 bits per heavy atom. The van der Waals surface area contributed by atoms with E-state index in [1.165, 1.54) is 5.56 Å². The summed E-state index contributed by atoms with van der Waals surface area (Å²) >= 11 is 0. The number of aromatic nitrogens is 2. The van der Waals surface area contributed by atoms with Crippen LogP contribution in [0.1, 0.15) is 28.0 Å². The van der Waals surface area contributed by atoms with Crippen LogP contribution in [0.4, 0.5) is 0 Å². The molecule has 1 amide bonds. The minimum absolute atomic E-state index is 0.0627. The van der Waals surface area contributed by atoms with Crippen LogP contribution in [-0.2, 0) is 13.1 Å². The molecule has 0 radical (unpaired) electrons. The average molecular weight is 391 g/mol. The second-order valence-corrected chi connectivity index (χ2v) is 7.23. The van der Waals surface area contributed by atoms with Crippen molar-refractivity contribution in [3.63, 3.8) is 0 Å². The molecule has 0 saturated carbocycles. The van der Waals surface area contributed by atoms with Gasteiger partial charge in [-0.3, -0.25) is 9.48 Å². The molecule has 2 aromatic carbocycles. The van der Waals surface area contributed by atoms with Crippen molar-refractivity contribution < 1.29 is 14.3 Å². The molecule has 1 aliphatic heterocycles. The molecule has 1 aromatic heterocycles. The van der Waals surface area contributed by atoms with Gasteiger partial charge in [0.15, 0.2) is 11.5 Å². The van der Waals surface area contributed by atoms with Crippen LogP contribution in [0, 0.1) is 6.92 Å². The first-order valence-electron chi connectivity index (χ1n) is 9.74. The maximum absolute atomic E-state index is 13.3. The van der Waals surface area contributed by atoms with E-state index < -0.39 is 0 Å². The number of benzene rings is 2. The summed E-state index contributed by atoms with van der Waals surface area (Å²) in [6.45, 7) is 4.04. The van der Waals surface area contributed by atoms with E-state index in [-0.39, 0.29) is 5.91 Å². The van der Waals surface area contributed by atoms with Crippen molar-refractivity contribution in [1.82, 2.24) is 14.7 Å². The number of aryl methyl sites for hydroxylation is 2. The third kappa shape index (κ3) is 3.70. The van der Waals surface area contributed by atoms with Gasteiger partial charge >= 0.3 is 0 Å². The molecule has 4 rings (SSSR count). The van der Waals surface area contributed by atoms with Crippen LogP contribution in [0.25, 0.3) is 11.3 Å². The van der Waals surface area contributed by atoms with Gasteiger partial charge in [0.25, 0.3) is 5.91 Å². The summed E-state index contributed by atoms with van der Waals surface area (Å²) in [5.74, 6) is 0.963. The molecule has 1 aliphatic rings. The summed E-state index contributed by atoms with van der Waals surface area (Å²) in [5, 5.41) is 4.77. The maximum atomic E-state index is 13.3. The standard InChI is InChI=1S/C23H25N3O3/c1-16-8-10-17(11-9-16)20-14-18-15-25(12-5-13-26(18)24-20)23(27)19-6-4-7-21(28-2)22(19)29-3/h4,6-11,14H,5,12-13,15H2,1-3H3. The van der Waals surface area contributed by atoms with E-state index in [2.05, 4.69) is 37.3 Å². The maximum Gasteiger partial charge on any atom is 0.258 e. The minimum Gasteiger partial charge on any atom is -0.493 e. The fraction of sp³-hybridized carbons (Fsp3) is 0.304. The second-order valence-electron chi connectivity index (χ2n) is 7.23. The zero-order chi connectivity index (χ0) is 20.4. The Morgan fingerprint density at radius 3 is 2.55 bits per heavy atom. The predicted molar refractivity (Wildman–Crippen MR) is 111 cm³/mol. The predicted octanol–water partition coefficient (Wildman–Crippen LogP) is 3.92. The lowest BCUT2D eigenvalue weighted by molar-refractivity contribution is 0.0741. The van der Waals surface area contributed by atoms with Gasteiger partial charge in [-0.05, 0) is 31.5 Å². The third-order valence-corrected chi connectivity index (χ3v) is 5.28. The van der Waals surface area contributed by atoms with Crippen LogP contribution < -0.4 is 9.47 Å². The lowest BCUT2D eigenvalue weighted by Crippen LogP contribution is -2.31. The van der Waals surface area contributed by atoms with Crippen molar-refractivity contribution in [2.75, 3.05) is 20.8 Å². The molecule has 0 spiro atoms. The van der Waals surface area contributed by atoms with E-state index in [4.69, 9.17) is 14.6 Å². The molecule has 0 bridgehead atoms. The molecule has 29 heavy (non-hydrogen) atoms. The molecule has 0 aliphatic carbocycles. The van der Waals surface area contributed by atoms with Gasteiger partial charge in [-0.15, -0.1) is 0 Å². The molecule has 6 nitrogen and oxygen atoms in total. The Kier molecular flexibility index (Phi) is 5.25. The first-order chi connectivity index (χ1) is 14.1. The molecule has 0 saturated heterocycles. The molecule has 0 unspecified atom stereocenters. The van der Waals surface area contributed by atoms with Gasteiger partial charge in [-0.1, -0.05) is 35.9 Å². The molecular formula is C23H25N3O3. The van der Waals surface area contributed by atoms with Gasteiger partial charge in [0.2, 0.25) is 0 Å². The van der Waals surface area contributed by atoms with Crippen LogP contribution in [-0.4, -0.2) is 41.4 Å². The van der Waals surface area contributed by atoms with Gasteiger partial charge < -0.3 is 14.4 Å². The SMILES string of the molecule is COc1cccc(C(=O)N2CCCn3nc(-c4ccc(C)cc4)cc3C2)c1OC. The number of hydrogen-bond acceptors (Lipinski definition) is 4. The number of para-hydroxylation sites is 1. The number of fused-ring (bicyclic) bond motifs is 1. The van der Waals surface area contributed by atoms with Crippen molar-refractivity contribution in [2.45, 2.75) is 26.4 Å². The summed E-state index contributed by atoms with van der Waals surface area (Å²) in [4.78, 5) is 15.1. The lowest BCUT2D eigenvalue weighted by atomic mass is 10.1. The highest BCUT2D eigenvalue weighted by molar-refractivity contribution is 5.97. The number of carbonyl (C=O) groups excluding carboxylic acids is 1. The van der Waals surface area contributed by atoms with Gasteiger partial charge in [0.1, 0.15) is 0 Å². The van der Waals surface area contributed by atoms with Crippen LogP contribution >= 0.6 is 0 Å². The van der Waals surface area contributed by atoms with Gasteiger partial charge in [0.05, 0.1) is 37.7 Å². The summed E-state index contributed by atoms with van der Waals surface area (Å²) in [5.41, 5.74) is 4.79. The third-order valence-electron chi connectivity index (χ3n) is 5.28. The number of carbonyl (C=O) groups is 1. The van der Waals surface area contributed by atoms with E-state index in [9.17, 15) is 4.79 Å². The van der Waals surface area contributed by atoms with E-state index in [0.29, 0.717) is 30.2 Å².